The number of hydrogen-bond acceptors (Lipinski definition) is 4. The summed E-state index contributed by atoms with van der Waals surface area (Å²) in [5, 5.41) is 12.4. The predicted octanol–water partition coefficient (Wildman–Crippen LogP) is 5.79. The van der Waals surface area contributed by atoms with Gasteiger partial charge in [0.05, 0.1) is 5.75 Å². The molecule has 0 unspecified atom stereocenters. The molecule has 31 heavy (non-hydrogen) atoms. The topological polar surface area (TPSA) is 59.8 Å². The number of amides is 1. The van der Waals surface area contributed by atoms with Crippen molar-refractivity contribution in [3.8, 4) is 17.1 Å². The minimum absolute atomic E-state index is 0.0776. The third-order valence-electron chi connectivity index (χ3n) is 4.87. The van der Waals surface area contributed by atoms with Crippen molar-refractivity contribution < 1.29 is 4.79 Å². The Bertz CT molecular complexity index is 1140. The Morgan fingerprint density at radius 2 is 1.55 bits per heavy atom. The van der Waals surface area contributed by atoms with E-state index in [0.717, 1.165) is 22.8 Å². The van der Waals surface area contributed by atoms with Crippen molar-refractivity contribution >= 4 is 23.4 Å². The second-order valence-electron chi connectivity index (χ2n) is 7.46. The first-order valence-electron chi connectivity index (χ1n) is 10.2. The number of carbonyl (C=O) groups excluding carboxylic acids is 1. The number of nitrogens with zero attached hydrogens (tertiary/aromatic N) is 3. The molecule has 0 atom stereocenters. The molecule has 1 aromatic heterocycles. The molecule has 0 aliphatic heterocycles. The fraction of sp³-hybridized carbons (Fsp3) is 0.160. The van der Waals surface area contributed by atoms with Crippen LogP contribution < -0.4 is 5.32 Å². The van der Waals surface area contributed by atoms with Crippen LogP contribution in [0.25, 0.3) is 17.1 Å². The second-order valence-corrected chi connectivity index (χ2v) is 8.40. The molecule has 1 amide bonds. The van der Waals surface area contributed by atoms with Crippen LogP contribution in [0.2, 0.25) is 0 Å². The molecule has 0 bridgehead atoms. The number of carbonyl (C=O) groups is 1. The van der Waals surface area contributed by atoms with Crippen molar-refractivity contribution in [3.05, 3.63) is 90.5 Å². The van der Waals surface area contributed by atoms with Crippen LogP contribution in [0.1, 0.15) is 25.3 Å². The van der Waals surface area contributed by atoms with Crippen LogP contribution in [0.4, 0.5) is 5.69 Å². The zero-order valence-corrected chi connectivity index (χ0v) is 18.3. The van der Waals surface area contributed by atoms with Gasteiger partial charge in [0.25, 0.3) is 0 Å². The zero-order valence-electron chi connectivity index (χ0n) is 17.5. The van der Waals surface area contributed by atoms with Gasteiger partial charge in [0, 0.05) is 16.9 Å². The molecule has 6 heteroatoms. The van der Waals surface area contributed by atoms with Crippen molar-refractivity contribution in [1.82, 2.24) is 14.8 Å². The van der Waals surface area contributed by atoms with Crippen molar-refractivity contribution in [2.45, 2.75) is 24.9 Å². The van der Waals surface area contributed by atoms with Crippen molar-refractivity contribution in [2.75, 3.05) is 11.1 Å². The van der Waals surface area contributed by atoms with Gasteiger partial charge in [0.1, 0.15) is 0 Å². The van der Waals surface area contributed by atoms with Crippen LogP contribution in [-0.2, 0) is 4.79 Å². The first-order chi connectivity index (χ1) is 15.1. The largest absolute Gasteiger partial charge is 0.325 e. The maximum absolute atomic E-state index is 12.5. The molecule has 156 valence electrons. The number of rotatable bonds is 7. The van der Waals surface area contributed by atoms with E-state index in [0.29, 0.717) is 11.1 Å². The molecule has 1 N–H and O–H groups in total. The number of anilines is 1. The molecule has 0 spiro atoms. The van der Waals surface area contributed by atoms with E-state index in [9.17, 15) is 4.79 Å². The number of para-hydroxylation sites is 1. The predicted molar refractivity (Wildman–Crippen MR) is 127 cm³/mol. The summed E-state index contributed by atoms with van der Waals surface area (Å²) >= 11 is 1.37. The van der Waals surface area contributed by atoms with Gasteiger partial charge in [-0.3, -0.25) is 9.36 Å². The molecule has 0 fully saturated rings. The Morgan fingerprint density at radius 1 is 0.903 bits per heavy atom. The number of aromatic nitrogens is 3. The van der Waals surface area contributed by atoms with Crippen molar-refractivity contribution in [2.24, 2.45) is 0 Å². The van der Waals surface area contributed by atoms with Crippen LogP contribution in [0.5, 0.6) is 0 Å². The highest BCUT2D eigenvalue weighted by Gasteiger charge is 2.17. The summed E-state index contributed by atoms with van der Waals surface area (Å²) in [7, 11) is 0. The molecule has 1 heterocycles. The zero-order chi connectivity index (χ0) is 21.6. The maximum atomic E-state index is 12.5. The van der Waals surface area contributed by atoms with Crippen LogP contribution in [-0.4, -0.2) is 26.4 Å². The molecule has 0 saturated carbocycles. The van der Waals surface area contributed by atoms with Crippen molar-refractivity contribution in [1.29, 1.82) is 0 Å². The van der Waals surface area contributed by atoms with Gasteiger partial charge in [0.15, 0.2) is 11.0 Å². The summed E-state index contributed by atoms with van der Waals surface area (Å²) < 4.78 is 1.99. The SMILES string of the molecule is CC(C)c1ccc(NC(=O)CSc2nnc(-c3ccccc3)n2-c2ccccc2)cc1. The van der Waals surface area contributed by atoms with E-state index in [2.05, 4.69) is 29.4 Å². The monoisotopic (exact) mass is 428 g/mol. The lowest BCUT2D eigenvalue weighted by atomic mass is 10.0. The number of nitrogens with one attached hydrogen (secondary N) is 1. The highest BCUT2D eigenvalue weighted by atomic mass is 32.2. The lowest BCUT2D eigenvalue weighted by Crippen LogP contribution is -2.14. The summed E-state index contributed by atoms with van der Waals surface area (Å²) in [5.41, 5.74) is 3.97. The molecular formula is C25H24N4OS. The van der Waals surface area contributed by atoms with E-state index in [1.807, 2.05) is 89.5 Å². The van der Waals surface area contributed by atoms with E-state index >= 15 is 0 Å². The van der Waals surface area contributed by atoms with Gasteiger partial charge in [-0.2, -0.15) is 0 Å². The van der Waals surface area contributed by atoms with Gasteiger partial charge >= 0.3 is 0 Å². The van der Waals surface area contributed by atoms with Gasteiger partial charge in [-0.1, -0.05) is 86.3 Å². The lowest BCUT2D eigenvalue weighted by molar-refractivity contribution is -0.113. The summed E-state index contributed by atoms with van der Waals surface area (Å²) in [6.45, 7) is 4.30. The standard InChI is InChI=1S/C25H24N4OS/c1-18(2)19-13-15-21(16-14-19)26-23(30)17-31-25-28-27-24(20-9-5-3-6-10-20)29(25)22-11-7-4-8-12-22/h3-16,18H,17H2,1-2H3,(H,26,30). The molecule has 3 aromatic carbocycles. The molecule has 0 aliphatic carbocycles. The van der Waals surface area contributed by atoms with Gasteiger partial charge in [-0.05, 0) is 35.7 Å². The number of hydrogen-bond donors (Lipinski definition) is 1. The Balaban J connectivity index is 1.52. The third kappa shape index (κ3) is 5.03. The lowest BCUT2D eigenvalue weighted by Gasteiger charge is -2.11. The van der Waals surface area contributed by atoms with Gasteiger partial charge < -0.3 is 5.32 Å². The van der Waals surface area contributed by atoms with Crippen LogP contribution in [0, 0.1) is 0 Å². The highest BCUT2D eigenvalue weighted by molar-refractivity contribution is 7.99. The Kier molecular flexibility index (Phi) is 6.48. The van der Waals surface area contributed by atoms with E-state index in [1.54, 1.807) is 0 Å². The van der Waals surface area contributed by atoms with Crippen molar-refractivity contribution in [3.63, 3.8) is 0 Å². The Hall–Kier alpha value is -3.38. The average Bonchev–Trinajstić information content (AvgIpc) is 3.23. The Morgan fingerprint density at radius 3 is 2.19 bits per heavy atom. The van der Waals surface area contributed by atoms with Gasteiger partial charge in [0.2, 0.25) is 5.91 Å². The summed E-state index contributed by atoms with van der Waals surface area (Å²) in [4.78, 5) is 12.5. The summed E-state index contributed by atoms with van der Waals surface area (Å²) in [6.07, 6.45) is 0. The highest BCUT2D eigenvalue weighted by Crippen LogP contribution is 2.28. The van der Waals surface area contributed by atoms with Crippen LogP contribution in [0.15, 0.2) is 90.1 Å². The molecule has 5 nitrogen and oxygen atoms in total. The second kappa shape index (κ2) is 9.62. The fourth-order valence-electron chi connectivity index (χ4n) is 3.23. The summed E-state index contributed by atoms with van der Waals surface area (Å²) in [5.74, 6) is 1.37. The quantitative estimate of drug-likeness (QED) is 0.379. The van der Waals surface area contributed by atoms with Crippen LogP contribution in [0.3, 0.4) is 0 Å². The smallest absolute Gasteiger partial charge is 0.234 e. The van der Waals surface area contributed by atoms with E-state index in [4.69, 9.17) is 0 Å². The van der Waals surface area contributed by atoms with E-state index in [-0.39, 0.29) is 11.7 Å². The minimum atomic E-state index is -0.0776. The molecule has 0 radical (unpaired) electrons. The molecule has 4 rings (SSSR count). The Labute approximate surface area is 186 Å². The van der Waals surface area contributed by atoms with Crippen LogP contribution >= 0.6 is 11.8 Å². The fourth-order valence-corrected chi connectivity index (χ4v) is 3.98. The first kappa shape index (κ1) is 20.9. The molecule has 0 saturated heterocycles. The molecule has 4 aromatic rings. The number of thioether (sulfide) groups is 1. The normalized spacial score (nSPS) is 10.9. The van der Waals surface area contributed by atoms with E-state index in [1.165, 1.54) is 17.3 Å². The maximum Gasteiger partial charge on any atom is 0.234 e. The first-order valence-corrected chi connectivity index (χ1v) is 11.2. The van der Waals surface area contributed by atoms with Gasteiger partial charge in [-0.15, -0.1) is 10.2 Å². The average molecular weight is 429 g/mol. The van der Waals surface area contributed by atoms with E-state index < -0.39 is 0 Å². The molecule has 0 aliphatic rings. The summed E-state index contributed by atoms with van der Waals surface area (Å²) in [6, 6.07) is 27.9. The molecular weight excluding hydrogens is 404 g/mol. The minimum Gasteiger partial charge on any atom is -0.325 e. The third-order valence-corrected chi connectivity index (χ3v) is 5.80. The van der Waals surface area contributed by atoms with Gasteiger partial charge in [-0.25, -0.2) is 0 Å². The number of benzene rings is 3.